The number of anilines is 1. The van der Waals surface area contributed by atoms with Crippen LogP contribution >= 0.6 is 0 Å². The summed E-state index contributed by atoms with van der Waals surface area (Å²) in [5, 5.41) is 13.8. The molecule has 1 unspecified atom stereocenters. The highest BCUT2D eigenvalue weighted by Gasteiger charge is 2.27. The molecule has 0 fully saturated rings. The van der Waals surface area contributed by atoms with Crippen molar-refractivity contribution in [1.29, 1.82) is 0 Å². The van der Waals surface area contributed by atoms with Gasteiger partial charge in [0.25, 0.3) is 5.69 Å². The molecule has 0 aliphatic carbocycles. The second kappa shape index (κ2) is 7.37. The van der Waals surface area contributed by atoms with E-state index in [2.05, 4.69) is 10.0 Å². The summed E-state index contributed by atoms with van der Waals surface area (Å²) in [6.45, 7) is 3.84. The Morgan fingerprint density at radius 3 is 2.48 bits per heavy atom. The Morgan fingerprint density at radius 1 is 1.33 bits per heavy atom. The molecule has 0 saturated heterocycles. The molecule has 1 aromatic rings. The molecule has 1 rings (SSSR count). The van der Waals surface area contributed by atoms with E-state index >= 15 is 0 Å². The van der Waals surface area contributed by atoms with Crippen LogP contribution in [0, 0.1) is 10.1 Å². The third-order valence-electron chi connectivity index (χ3n) is 3.19. The predicted octanol–water partition coefficient (Wildman–Crippen LogP) is 2.49. The van der Waals surface area contributed by atoms with Gasteiger partial charge in [-0.2, -0.15) is 0 Å². The molecule has 1 aromatic carbocycles. The van der Waals surface area contributed by atoms with E-state index < -0.39 is 20.6 Å². The minimum atomic E-state index is -3.93. The maximum atomic E-state index is 12.4. The summed E-state index contributed by atoms with van der Waals surface area (Å²) in [5.74, 6) is 0. The van der Waals surface area contributed by atoms with Crippen LogP contribution in [-0.4, -0.2) is 26.4 Å². The molecule has 21 heavy (non-hydrogen) atoms. The Hall–Kier alpha value is -1.67. The smallest absolute Gasteiger partial charge is 0.289 e. The van der Waals surface area contributed by atoms with E-state index in [0.29, 0.717) is 18.5 Å². The minimum absolute atomic E-state index is 0.224. The Morgan fingerprint density at radius 2 is 2.00 bits per heavy atom. The lowest BCUT2D eigenvalue weighted by molar-refractivity contribution is -0.387. The maximum absolute atomic E-state index is 12.4. The molecule has 0 saturated carbocycles. The lowest BCUT2D eigenvalue weighted by atomic mass is 10.1. The average molecular weight is 315 g/mol. The fraction of sp³-hybridized carbons (Fsp3) is 0.538. The molecule has 8 heteroatoms. The molecule has 0 bridgehead atoms. The summed E-state index contributed by atoms with van der Waals surface area (Å²) in [6, 6.07) is 3.72. The molecule has 0 radical (unpaired) electrons. The molecule has 118 valence electrons. The van der Waals surface area contributed by atoms with E-state index in [9.17, 15) is 18.5 Å². The summed E-state index contributed by atoms with van der Waals surface area (Å²) in [4.78, 5) is 10.0. The van der Waals surface area contributed by atoms with Crippen LogP contribution in [0.2, 0.25) is 0 Å². The van der Waals surface area contributed by atoms with Gasteiger partial charge in [0, 0.05) is 24.8 Å². The lowest BCUT2D eigenvalue weighted by Gasteiger charge is -2.16. The zero-order valence-corrected chi connectivity index (χ0v) is 13.2. The monoisotopic (exact) mass is 315 g/mol. The molecule has 0 amide bonds. The van der Waals surface area contributed by atoms with Crippen molar-refractivity contribution in [2.24, 2.45) is 0 Å². The number of rotatable bonds is 8. The summed E-state index contributed by atoms with van der Waals surface area (Å²) in [6.07, 6.45) is 2.15. The first-order valence-electron chi connectivity index (χ1n) is 6.84. The van der Waals surface area contributed by atoms with Crippen LogP contribution in [0.1, 0.15) is 33.1 Å². The predicted molar refractivity (Wildman–Crippen MR) is 82.0 cm³/mol. The molecule has 0 aromatic heterocycles. The molecule has 0 aliphatic rings. The van der Waals surface area contributed by atoms with Crippen LogP contribution in [0.4, 0.5) is 11.4 Å². The molecular weight excluding hydrogens is 294 g/mol. The Balaban J connectivity index is 3.25. The van der Waals surface area contributed by atoms with Crippen LogP contribution in [-0.2, 0) is 10.0 Å². The van der Waals surface area contributed by atoms with Crippen LogP contribution in [0.3, 0.4) is 0 Å². The van der Waals surface area contributed by atoms with Crippen molar-refractivity contribution in [1.82, 2.24) is 4.72 Å². The Bertz CT molecular complexity index is 601. The molecular formula is C13H21N3O4S. The molecule has 0 heterocycles. The van der Waals surface area contributed by atoms with Gasteiger partial charge in [-0.05, 0) is 25.0 Å². The van der Waals surface area contributed by atoms with Gasteiger partial charge in [0.2, 0.25) is 10.0 Å². The zero-order chi connectivity index (χ0) is 16.0. The van der Waals surface area contributed by atoms with E-state index in [1.807, 2.05) is 13.8 Å². The Kier molecular flexibility index (Phi) is 6.10. The molecule has 0 aliphatic heterocycles. The third-order valence-corrected chi connectivity index (χ3v) is 4.74. The fourth-order valence-electron chi connectivity index (χ4n) is 2.01. The number of hydrogen-bond donors (Lipinski definition) is 2. The van der Waals surface area contributed by atoms with Crippen molar-refractivity contribution < 1.29 is 13.3 Å². The number of nitro benzene ring substituents is 1. The van der Waals surface area contributed by atoms with E-state index in [1.165, 1.54) is 18.2 Å². The Labute approximate surface area is 124 Å². The number of benzene rings is 1. The van der Waals surface area contributed by atoms with Crippen molar-refractivity contribution in [3.8, 4) is 0 Å². The summed E-state index contributed by atoms with van der Waals surface area (Å²) in [5.41, 5.74) is 0.0809. The minimum Gasteiger partial charge on any atom is -0.388 e. The van der Waals surface area contributed by atoms with Crippen molar-refractivity contribution in [3.05, 3.63) is 28.3 Å². The summed E-state index contributed by atoms with van der Waals surface area (Å²) >= 11 is 0. The van der Waals surface area contributed by atoms with Gasteiger partial charge in [0.1, 0.15) is 0 Å². The zero-order valence-electron chi connectivity index (χ0n) is 12.4. The van der Waals surface area contributed by atoms with Crippen LogP contribution in [0.5, 0.6) is 0 Å². The summed E-state index contributed by atoms with van der Waals surface area (Å²) in [7, 11) is -2.31. The van der Waals surface area contributed by atoms with Gasteiger partial charge in [-0.15, -0.1) is 0 Å². The largest absolute Gasteiger partial charge is 0.388 e. The van der Waals surface area contributed by atoms with Crippen molar-refractivity contribution >= 4 is 21.4 Å². The quantitative estimate of drug-likeness (QED) is 0.567. The van der Waals surface area contributed by atoms with E-state index in [1.54, 1.807) is 7.05 Å². The highest BCUT2D eigenvalue weighted by molar-refractivity contribution is 7.89. The first kappa shape index (κ1) is 17.4. The number of sulfonamides is 1. The number of hydrogen-bond acceptors (Lipinski definition) is 5. The van der Waals surface area contributed by atoms with Crippen LogP contribution < -0.4 is 10.0 Å². The molecule has 1 atom stereocenters. The highest BCUT2D eigenvalue weighted by Crippen LogP contribution is 2.27. The van der Waals surface area contributed by atoms with Crippen molar-refractivity contribution in [2.45, 2.75) is 44.0 Å². The van der Waals surface area contributed by atoms with Gasteiger partial charge in [-0.3, -0.25) is 10.1 Å². The molecule has 0 spiro atoms. The standard InChI is InChI=1S/C13H21N3O4S/c1-4-6-10(5-2)15-21(19,20)13-9-11(14-3)7-8-12(13)16(17)18/h7-10,14-15H,4-6H2,1-3H3. The third kappa shape index (κ3) is 4.40. The highest BCUT2D eigenvalue weighted by atomic mass is 32.2. The van der Waals surface area contributed by atoms with Gasteiger partial charge in [0.05, 0.1) is 4.92 Å². The lowest BCUT2D eigenvalue weighted by Crippen LogP contribution is -2.34. The van der Waals surface area contributed by atoms with Gasteiger partial charge in [-0.1, -0.05) is 20.3 Å². The number of nitro groups is 1. The second-order valence-electron chi connectivity index (χ2n) is 4.70. The van der Waals surface area contributed by atoms with Crippen molar-refractivity contribution in [3.63, 3.8) is 0 Å². The van der Waals surface area contributed by atoms with E-state index in [-0.39, 0.29) is 10.9 Å². The second-order valence-corrected chi connectivity index (χ2v) is 6.39. The molecule has 7 nitrogen and oxygen atoms in total. The number of nitrogens with zero attached hydrogens (tertiary/aromatic N) is 1. The average Bonchev–Trinajstić information content (AvgIpc) is 2.45. The van der Waals surface area contributed by atoms with E-state index in [0.717, 1.165) is 6.42 Å². The maximum Gasteiger partial charge on any atom is 0.289 e. The first-order chi connectivity index (χ1) is 9.85. The SMILES string of the molecule is CCCC(CC)NS(=O)(=O)c1cc(NC)ccc1[N+](=O)[O-]. The van der Waals surface area contributed by atoms with Gasteiger partial charge >= 0.3 is 0 Å². The normalized spacial score (nSPS) is 12.9. The van der Waals surface area contributed by atoms with Gasteiger partial charge < -0.3 is 5.32 Å². The fourth-order valence-corrected chi connectivity index (χ4v) is 3.56. The van der Waals surface area contributed by atoms with Crippen LogP contribution in [0.25, 0.3) is 0 Å². The van der Waals surface area contributed by atoms with E-state index in [4.69, 9.17) is 0 Å². The summed E-state index contributed by atoms with van der Waals surface area (Å²) < 4.78 is 27.4. The van der Waals surface area contributed by atoms with Crippen LogP contribution in [0.15, 0.2) is 23.1 Å². The topological polar surface area (TPSA) is 101 Å². The molecule has 2 N–H and O–H groups in total. The first-order valence-corrected chi connectivity index (χ1v) is 8.32. The van der Waals surface area contributed by atoms with Gasteiger partial charge in [0.15, 0.2) is 4.90 Å². The number of nitrogens with one attached hydrogen (secondary N) is 2. The van der Waals surface area contributed by atoms with Crippen molar-refractivity contribution in [2.75, 3.05) is 12.4 Å². The van der Waals surface area contributed by atoms with Gasteiger partial charge in [-0.25, -0.2) is 13.1 Å².